The number of amides is 1. The van der Waals surface area contributed by atoms with Gasteiger partial charge in [-0.25, -0.2) is 0 Å². The summed E-state index contributed by atoms with van der Waals surface area (Å²) in [5.41, 5.74) is 4.60. The van der Waals surface area contributed by atoms with E-state index in [2.05, 4.69) is 75.6 Å². The standard InChI is InChI=1S/C30H32ClN3O2/c31-25-10-6-9-24(19-25)27(20-30(35)32-13-14-33-15-17-36-18-16-33)28-22-34(21-23-7-2-1-3-8-23)29-12-5-4-11-26(28)29/h1-12,19,22,27H,13-18,20-21H2,(H,32,35)/t27-/m0/s1. The summed E-state index contributed by atoms with van der Waals surface area (Å²) in [6.45, 7) is 5.61. The monoisotopic (exact) mass is 501 g/mol. The Morgan fingerprint density at radius 1 is 0.972 bits per heavy atom. The lowest BCUT2D eigenvalue weighted by molar-refractivity contribution is -0.121. The zero-order valence-corrected chi connectivity index (χ0v) is 21.2. The summed E-state index contributed by atoms with van der Waals surface area (Å²) >= 11 is 6.39. The molecule has 1 aliphatic heterocycles. The van der Waals surface area contributed by atoms with Gasteiger partial charge < -0.3 is 14.6 Å². The number of carbonyl (C=O) groups is 1. The summed E-state index contributed by atoms with van der Waals surface area (Å²) in [7, 11) is 0. The van der Waals surface area contributed by atoms with Crippen LogP contribution < -0.4 is 5.32 Å². The van der Waals surface area contributed by atoms with Crippen molar-refractivity contribution in [1.29, 1.82) is 0 Å². The Kier molecular flexibility index (Phi) is 8.01. The molecule has 4 aromatic rings. The van der Waals surface area contributed by atoms with Crippen molar-refractivity contribution in [3.8, 4) is 0 Å². The fourth-order valence-corrected chi connectivity index (χ4v) is 5.23. The second kappa shape index (κ2) is 11.7. The van der Waals surface area contributed by atoms with E-state index < -0.39 is 0 Å². The van der Waals surface area contributed by atoms with Crippen LogP contribution in [0.4, 0.5) is 0 Å². The van der Waals surface area contributed by atoms with E-state index in [0.29, 0.717) is 18.0 Å². The topological polar surface area (TPSA) is 46.5 Å². The zero-order valence-electron chi connectivity index (χ0n) is 20.4. The molecule has 186 valence electrons. The van der Waals surface area contributed by atoms with Gasteiger partial charge >= 0.3 is 0 Å². The van der Waals surface area contributed by atoms with Gasteiger partial charge in [0, 0.05) is 67.2 Å². The molecule has 5 nitrogen and oxygen atoms in total. The minimum absolute atomic E-state index is 0.0492. The number of carbonyl (C=O) groups excluding carboxylic acids is 1. The predicted octanol–water partition coefficient (Wildman–Crippen LogP) is 5.31. The number of hydrogen-bond donors (Lipinski definition) is 1. The SMILES string of the molecule is O=C(C[C@@H](c1cccc(Cl)c1)c1cn(Cc2ccccc2)c2ccccc12)NCCN1CCOCC1. The number of rotatable bonds is 9. The summed E-state index contributed by atoms with van der Waals surface area (Å²) < 4.78 is 7.71. The molecule has 0 radical (unpaired) electrons. The molecule has 0 aliphatic carbocycles. The van der Waals surface area contributed by atoms with Crippen molar-refractivity contribution in [2.45, 2.75) is 18.9 Å². The maximum atomic E-state index is 13.2. The van der Waals surface area contributed by atoms with Crippen molar-refractivity contribution in [2.75, 3.05) is 39.4 Å². The summed E-state index contributed by atoms with van der Waals surface area (Å²) in [6.07, 6.45) is 2.58. The van der Waals surface area contributed by atoms with Crippen LogP contribution in [-0.2, 0) is 16.1 Å². The number of halogens is 1. The lowest BCUT2D eigenvalue weighted by Gasteiger charge is -2.26. The average molecular weight is 502 g/mol. The molecule has 1 N–H and O–H groups in total. The lowest BCUT2D eigenvalue weighted by atomic mass is 9.88. The van der Waals surface area contributed by atoms with E-state index in [9.17, 15) is 4.79 Å². The van der Waals surface area contributed by atoms with Gasteiger partial charge in [-0.3, -0.25) is 9.69 Å². The molecule has 3 aromatic carbocycles. The van der Waals surface area contributed by atoms with Crippen LogP contribution in [0.2, 0.25) is 5.02 Å². The van der Waals surface area contributed by atoms with Crippen molar-refractivity contribution >= 4 is 28.4 Å². The Balaban J connectivity index is 1.41. The fourth-order valence-electron chi connectivity index (χ4n) is 5.03. The lowest BCUT2D eigenvalue weighted by Crippen LogP contribution is -2.41. The normalized spacial score (nSPS) is 15.1. The maximum Gasteiger partial charge on any atom is 0.220 e. The van der Waals surface area contributed by atoms with Crippen LogP contribution >= 0.6 is 11.6 Å². The highest BCUT2D eigenvalue weighted by Gasteiger charge is 2.23. The minimum Gasteiger partial charge on any atom is -0.379 e. The van der Waals surface area contributed by atoms with Gasteiger partial charge in [0.1, 0.15) is 0 Å². The third kappa shape index (κ3) is 5.98. The number of nitrogens with one attached hydrogen (secondary N) is 1. The third-order valence-electron chi connectivity index (χ3n) is 6.89. The number of para-hydroxylation sites is 1. The van der Waals surface area contributed by atoms with Gasteiger partial charge in [-0.1, -0.05) is 72.3 Å². The molecule has 1 fully saturated rings. The second-order valence-corrected chi connectivity index (χ2v) is 9.77. The van der Waals surface area contributed by atoms with Crippen LogP contribution in [0.25, 0.3) is 10.9 Å². The third-order valence-corrected chi connectivity index (χ3v) is 7.12. The molecule has 0 saturated carbocycles. The summed E-state index contributed by atoms with van der Waals surface area (Å²) in [5.74, 6) is -0.0536. The molecule has 1 aliphatic rings. The Bertz CT molecular complexity index is 1300. The van der Waals surface area contributed by atoms with E-state index in [1.54, 1.807) is 0 Å². The van der Waals surface area contributed by atoms with Crippen molar-refractivity contribution in [2.24, 2.45) is 0 Å². The van der Waals surface area contributed by atoms with Gasteiger partial charge in [0.2, 0.25) is 5.91 Å². The van der Waals surface area contributed by atoms with Crippen molar-refractivity contribution in [3.63, 3.8) is 0 Å². The van der Waals surface area contributed by atoms with E-state index >= 15 is 0 Å². The van der Waals surface area contributed by atoms with Crippen LogP contribution in [0.1, 0.15) is 29.0 Å². The highest BCUT2D eigenvalue weighted by atomic mass is 35.5. The first-order valence-electron chi connectivity index (χ1n) is 12.6. The van der Waals surface area contributed by atoms with Gasteiger partial charge in [-0.05, 0) is 34.9 Å². The number of fused-ring (bicyclic) bond motifs is 1. The zero-order chi connectivity index (χ0) is 24.7. The molecule has 6 heteroatoms. The molecular formula is C30H32ClN3O2. The highest BCUT2D eigenvalue weighted by molar-refractivity contribution is 6.30. The molecule has 36 heavy (non-hydrogen) atoms. The first-order valence-corrected chi connectivity index (χ1v) is 13.0. The number of morpholine rings is 1. The van der Waals surface area contributed by atoms with Crippen LogP contribution in [0, 0.1) is 0 Å². The largest absolute Gasteiger partial charge is 0.379 e. The molecule has 1 amide bonds. The quantitative estimate of drug-likeness (QED) is 0.338. The van der Waals surface area contributed by atoms with Crippen LogP contribution in [0.15, 0.2) is 85.1 Å². The van der Waals surface area contributed by atoms with Crippen molar-refractivity contribution in [3.05, 3.63) is 107 Å². The molecule has 2 heterocycles. The van der Waals surface area contributed by atoms with E-state index in [1.165, 1.54) is 10.9 Å². The van der Waals surface area contributed by atoms with Crippen LogP contribution in [-0.4, -0.2) is 54.8 Å². The van der Waals surface area contributed by atoms with E-state index in [1.807, 2.05) is 24.3 Å². The van der Waals surface area contributed by atoms with Crippen molar-refractivity contribution < 1.29 is 9.53 Å². The summed E-state index contributed by atoms with van der Waals surface area (Å²) in [6, 6.07) is 26.8. The number of hydrogen-bond acceptors (Lipinski definition) is 3. The smallest absolute Gasteiger partial charge is 0.220 e. The molecule has 0 spiro atoms. The van der Waals surface area contributed by atoms with Crippen LogP contribution in [0.5, 0.6) is 0 Å². The molecule has 5 rings (SSSR count). The Morgan fingerprint density at radius 2 is 1.75 bits per heavy atom. The number of benzene rings is 3. The van der Waals surface area contributed by atoms with Crippen LogP contribution in [0.3, 0.4) is 0 Å². The molecule has 1 atom stereocenters. The Labute approximate surface area is 217 Å². The van der Waals surface area contributed by atoms with Gasteiger partial charge in [0.05, 0.1) is 13.2 Å². The fraction of sp³-hybridized carbons (Fsp3) is 0.300. The van der Waals surface area contributed by atoms with E-state index in [0.717, 1.165) is 56.0 Å². The minimum atomic E-state index is -0.103. The number of ether oxygens (including phenoxy) is 1. The predicted molar refractivity (Wildman–Crippen MR) is 146 cm³/mol. The maximum absolute atomic E-state index is 13.2. The number of aromatic nitrogens is 1. The Hall–Kier alpha value is -3.12. The second-order valence-electron chi connectivity index (χ2n) is 9.33. The van der Waals surface area contributed by atoms with Gasteiger partial charge in [0.15, 0.2) is 0 Å². The van der Waals surface area contributed by atoms with E-state index in [4.69, 9.17) is 16.3 Å². The number of nitrogens with zero attached hydrogens (tertiary/aromatic N) is 2. The first-order chi connectivity index (χ1) is 17.7. The van der Waals surface area contributed by atoms with Gasteiger partial charge in [0.25, 0.3) is 0 Å². The molecule has 1 saturated heterocycles. The van der Waals surface area contributed by atoms with Crippen molar-refractivity contribution in [1.82, 2.24) is 14.8 Å². The molecular weight excluding hydrogens is 470 g/mol. The van der Waals surface area contributed by atoms with Gasteiger partial charge in [-0.15, -0.1) is 0 Å². The first kappa shape index (κ1) is 24.6. The average Bonchev–Trinajstić information content (AvgIpc) is 3.26. The van der Waals surface area contributed by atoms with Gasteiger partial charge in [-0.2, -0.15) is 0 Å². The molecule has 0 bridgehead atoms. The summed E-state index contributed by atoms with van der Waals surface area (Å²) in [4.78, 5) is 15.5. The Morgan fingerprint density at radius 3 is 2.56 bits per heavy atom. The van der Waals surface area contributed by atoms with E-state index in [-0.39, 0.29) is 11.8 Å². The molecule has 0 unspecified atom stereocenters. The highest BCUT2D eigenvalue weighted by Crippen LogP contribution is 2.36. The molecule has 1 aromatic heterocycles. The summed E-state index contributed by atoms with van der Waals surface area (Å²) in [5, 5.41) is 4.99.